The molecular formula is C20H17FN2O4. The monoisotopic (exact) mass is 368 g/mol. The Balaban J connectivity index is 1.84. The zero-order valence-corrected chi connectivity index (χ0v) is 14.5. The molecule has 1 atom stereocenters. The summed E-state index contributed by atoms with van der Waals surface area (Å²) in [6.45, 7) is 1.61. The van der Waals surface area contributed by atoms with Gasteiger partial charge in [-0.1, -0.05) is 30.3 Å². The van der Waals surface area contributed by atoms with E-state index in [1.54, 1.807) is 19.1 Å². The van der Waals surface area contributed by atoms with Gasteiger partial charge in [-0.3, -0.25) is 9.59 Å². The van der Waals surface area contributed by atoms with Crippen LogP contribution in [0.15, 0.2) is 59.0 Å². The molecule has 0 fully saturated rings. The molecular weight excluding hydrogens is 351 g/mol. The Morgan fingerprint density at radius 3 is 2.44 bits per heavy atom. The summed E-state index contributed by atoms with van der Waals surface area (Å²) in [4.78, 5) is 28.0. The van der Waals surface area contributed by atoms with Gasteiger partial charge in [0.1, 0.15) is 11.6 Å². The molecule has 0 radical (unpaired) electrons. The number of nitrogens with one attached hydrogen (secondary N) is 1. The molecule has 1 unspecified atom stereocenters. The summed E-state index contributed by atoms with van der Waals surface area (Å²) >= 11 is 0. The summed E-state index contributed by atoms with van der Waals surface area (Å²) in [5.74, 6) is -1.48. The molecule has 1 heterocycles. The minimum absolute atomic E-state index is 0.0753. The summed E-state index contributed by atoms with van der Waals surface area (Å²) < 4.78 is 18.7. The predicted octanol–water partition coefficient (Wildman–Crippen LogP) is 3.73. The first-order valence-corrected chi connectivity index (χ1v) is 8.25. The first-order valence-electron chi connectivity index (χ1n) is 8.25. The van der Waals surface area contributed by atoms with Gasteiger partial charge in [-0.25, -0.2) is 9.37 Å². The minimum Gasteiger partial charge on any atom is -0.481 e. The fourth-order valence-corrected chi connectivity index (χ4v) is 2.66. The smallest absolute Gasteiger partial charge is 0.305 e. The number of carboxylic acids is 1. The van der Waals surface area contributed by atoms with E-state index in [9.17, 15) is 14.0 Å². The number of oxazole rings is 1. The van der Waals surface area contributed by atoms with Crippen molar-refractivity contribution < 1.29 is 23.5 Å². The van der Waals surface area contributed by atoms with Gasteiger partial charge in [-0.15, -0.1) is 0 Å². The van der Waals surface area contributed by atoms with Crippen LogP contribution in [0, 0.1) is 12.7 Å². The SMILES string of the molecule is Cc1oc(-c2ccccc2)nc1C(=O)NC(CC(=O)O)c1ccc(F)cc1. The molecule has 0 saturated heterocycles. The maximum Gasteiger partial charge on any atom is 0.305 e. The van der Waals surface area contributed by atoms with E-state index in [1.165, 1.54) is 24.3 Å². The number of carbonyl (C=O) groups excluding carboxylic acids is 1. The molecule has 27 heavy (non-hydrogen) atoms. The summed E-state index contributed by atoms with van der Waals surface area (Å²) in [7, 11) is 0. The molecule has 1 aromatic heterocycles. The number of carbonyl (C=O) groups is 2. The minimum atomic E-state index is -1.09. The molecule has 0 spiro atoms. The molecule has 138 valence electrons. The van der Waals surface area contributed by atoms with Gasteiger partial charge in [0.2, 0.25) is 5.89 Å². The van der Waals surface area contributed by atoms with E-state index in [0.29, 0.717) is 17.2 Å². The van der Waals surface area contributed by atoms with E-state index in [4.69, 9.17) is 9.52 Å². The van der Waals surface area contributed by atoms with E-state index in [1.807, 2.05) is 18.2 Å². The molecule has 0 aliphatic heterocycles. The molecule has 3 rings (SSSR count). The first kappa shape index (κ1) is 18.3. The Hall–Kier alpha value is -3.48. The van der Waals surface area contributed by atoms with Crippen LogP contribution in [0.1, 0.15) is 34.3 Å². The largest absolute Gasteiger partial charge is 0.481 e. The number of nitrogens with zero attached hydrogens (tertiary/aromatic N) is 1. The normalized spacial score (nSPS) is 11.8. The Morgan fingerprint density at radius 2 is 1.81 bits per heavy atom. The molecule has 3 aromatic rings. The maximum atomic E-state index is 13.1. The fourth-order valence-electron chi connectivity index (χ4n) is 2.66. The third-order valence-corrected chi connectivity index (χ3v) is 3.99. The number of halogens is 1. The number of aromatic nitrogens is 1. The molecule has 7 heteroatoms. The zero-order valence-electron chi connectivity index (χ0n) is 14.5. The fraction of sp³-hybridized carbons (Fsp3) is 0.150. The molecule has 0 saturated carbocycles. The van der Waals surface area contributed by atoms with Crippen LogP contribution in [0.4, 0.5) is 4.39 Å². The van der Waals surface area contributed by atoms with Crippen molar-refractivity contribution in [2.45, 2.75) is 19.4 Å². The summed E-state index contributed by atoms with van der Waals surface area (Å²) in [5.41, 5.74) is 1.28. The topological polar surface area (TPSA) is 92.4 Å². The third kappa shape index (κ3) is 4.38. The second-order valence-electron chi connectivity index (χ2n) is 5.97. The van der Waals surface area contributed by atoms with Crippen molar-refractivity contribution >= 4 is 11.9 Å². The van der Waals surface area contributed by atoms with Crippen LogP contribution in [0.3, 0.4) is 0 Å². The lowest BCUT2D eigenvalue weighted by Crippen LogP contribution is -2.30. The quantitative estimate of drug-likeness (QED) is 0.691. The van der Waals surface area contributed by atoms with Crippen LogP contribution in [0.2, 0.25) is 0 Å². The highest BCUT2D eigenvalue weighted by atomic mass is 19.1. The lowest BCUT2D eigenvalue weighted by atomic mass is 10.0. The lowest BCUT2D eigenvalue weighted by molar-refractivity contribution is -0.137. The predicted molar refractivity (Wildman–Crippen MR) is 95.5 cm³/mol. The van der Waals surface area contributed by atoms with Gasteiger partial charge >= 0.3 is 5.97 Å². The van der Waals surface area contributed by atoms with Crippen molar-refractivity contribution in [1.29, 1.82) is 0 Å². The van der Waals surface area contributed by atoms with Gasteiger partial charge in [0.25, 0.3) is 5.91 Å². The number of hydrogen-bond donors (Lipinski definition) is 2. The summed E-state index contributed by atoms with van der Waals surface area (Å²) in [5, 5.41) is 11.8. The van der Waals surface area contributed by atoms with Crippen LogP contribution >= 0.6 is 0 Å². The van der Waals surface area contributed by atoms with Gasteiger partial charge in [0, 0.05) is 5.56 Å². The number of aliphatic carboxylic acids is 1. The van der Waals surface area contributed by atoms with Gasteiger partial charge in [0.15, 0.2) is 5.69 Å². The molecule has 6 nitrogen and oxygen atoms in total. The number of rotatable bonds is 6. The molecule has 2 aromatic carbocycles. The summed E-state index contributed by atoms with van der Waals surface area (Å²) in [6, 6.07) is 13.6. The van der Waals surface area contributed by atoms with Crippen LogP contribution < -0.4 is 5.32 Å². The summed E-state index contributed by atoms with van der Waals surface area (Å²) in [6.07, 6.45) is -0.347. The molecule has 0 bridgehead atoms. The average molecular weight is 368 g/mol. The van der Waals surface area contributed by atoms with E-state index in [-0.39, 0.29) is 12.1 Å². The number of benzene rings is 2. The third-order valence-electron chi connectivity index (χ3n) is 3.99. The van der Waals surface area contributed by atoms with E-state index in [0.717, 1.165) is 5.56 Å². The van der Waals surface area contributed by atoms with Crippen LogP contribution in [0.25, 0.3) is 11.5 Å². The van der Waals surface area contributed by atoms with Gasteiger partial charge in [-0.2, -0.15) is 0 Å². The zero-order chi connectivity index (χ0) is 19.4. The second-order valence-corrected chi connectivity index (χ2v) is 5.97. The highest BCUT2D eigenvalue weighted by molar-refractivity contribution is 5.94. The molecule has 0 aliphatic rings. The molecule has 1 amide bonds. The van der Waals surface area contributed by atoms with E-state index >= 15 is 0 Å². The van der Waals surface area contributed by atoms with E-state index in [2.05, 4.69) is 10.3 Å². The standard InChI is InChI=1S/C20H17FN2O4/c1-12-18(23-20(27-12)14-5-3-2-4-6-14)19(26)22-16(11-17(24)25)13-7-9-15(21)10-8-13/h2-10,16H,11H2,1H3,(H,22,26)(H,24,25). The van der Waals surface area contributed by atoms with Crippen molar-refractivity contribution in [1.82, 2.24) is 10.3 Å². The Bertz CT molecular complexity index is 952. The van der Waals surface area contributed by atoms with Crippen LogP contribution in [-0.2, 0) is 4.79 Å². The van der Waals surface area contributed by atoms with Gasteiger partial charge < -0.3 is 14.8 Å². The molecule has 0 aliphatic carbocycles. The highest BCUT2D eigenvalue weighted by Gasteiger charge is 2.23. The maximum absolute atomic E-state index is 13.1. The van der Waals surface area contributed by atoms with Crippen molar-refractivity contribution in [3.05, 3.63) is 77.4 Å². The van der Waals surface area contributed by atoms with Gasteiger partial charge in [0.05, 0.1) is 12.5 Å². The average Bonchev–Trinajstić information content (AvgIpc) is 3.04. The van der Waals surface area contributed by atoms with Crippen molar-refractivity contribution in [3.63, 3.8) is 0 Å². The highest BCUT2D eigenvalue weighted by Crippen LogP contribution is 2.23. The first-order chi connectivity index (χ1) is 12.9. The van der Waals surface area contributed by atoms with E-state index < -0.39 is 23.7 Å². The Kier molecular flexibility index (Phi) is 5.30. The van der Waals surface area contributed by atoms with Crippen molar-refractivity contribution in [2.24, 2.45) is 0 Å². The lowest BCUT2D eigenvalue weighted by Gasteiger charge is -2.17. The molecule has 2 N–H and O–H groups in total. The number of carboxylic acid groups (broad SMARTS) is 1. The number of aryl methyl sites for hydroxylation is 1. The Labute approximate surface area is 154 Å². The Morgan fingerprint density at radius 1 is 1.15 bits per heavy atom. The van der Waals surface area contributed by atoms with Crippen LogP contribution in [-0.4, -0.2) is 22.0 Å². The number of amides is 1. The van der Waals surface area contributed by atoms with Crippen molar-refractivity contribution in [2.75, 3.05) is 0 Å². The number of hydrogen-bond acceptors (Lipinski definition) is 4. The van der Waals surface area contributed by atoms with Crippen LogP contribution in [0.5, 0.6) is 0 Å². The van der Waals surface area contributed by atoms with Gasteiger partial charge in [-0.05, 0) is 36.8 Å². The second kappa shape index (κ2) is 7.82. The van der Waals surface area contributed by atoms with Crippen molar-refractivity contribution in [3.8, 4) is 11.5 Å².